The third-order valence-electron chi connectivity index (χ3n) is 7.46. The Balaban J connectivity index is 1.72. The molecular formula is C36H38O2Si2. The van der Waals surface area contributed by atoms with Gasteiger partial charge in [0.25, 0.3) is 16.6 Å². The number of benzene rings is 5. The molecule has 0 aliphatic rings. The van der Waals surface area contributed by atoms with Crippen molar-refractivity contribution in [2.45, 2.75) is 26.7 Å². The third-order valence-corrected chi connectivity index (χ3v) is 15.6. The molecule has 0 aliphatic heterocycles. The molecule has 0 heterocycles. The summed E-state index contributed by atoms with van der Waals surface area (Å²) < 4.78 is 14.0. The van der Waals surface area contributed by atoms with Crippen molar-refractivity contribution in [3.05, 3.63) is 146 Å². The first-order valence-electron chi connectivity index (χ1n) is 14.4. The van der Waals surface area contributed by atoms with E-state index in [0.29, 0.717) is 13.2 Å². The monoisotopic (exact) mass is 558 g/mol. The largest absolute Gasteiger partial charge is 0.404 e. The summed E-state index contributed by atoms with van der Waals surface area (Å²) in [6.07, 6.45) is 1.94. The molecule has 5 aromatic carbocycles. The van der Waals surface area contributed by atoms with E-state index in [0.717, 1.165) is 12.8 Å². The van der Waals surface area contributed by atoms with Crippen LogP contribution in [-0.2, 0) is 8.85 Å². The van der Waals surface area contributed by atoms with Crippen molar-refractivity contribution in [2.75, 3.05) is 13.2 Å². The highest BCUT2D eigenvalue weighted by molar-refractivity contribution is 7.08. The van der Waals surface area contributed by atoms with Gasteiger partial charge in [0.05, 0.1) is 0 Å². The van der Waals surface area contributed by atoms with Gasteiger partial charge >= 0.3 is 0 Å². The van der Waals surface area contributed by atoms with Crippen molar-refractivity contribution in [1.82, 2.24) is 0 Å². The van der Waals surface area contributed by atoms with Gasteiger partial charge in [0, 0.05) is 13.2 Å². The number of hydrogen-bond acceptors (Lipinski definition) is 2. The van der Waals surface area contributed by atoms with E-state index in [1.165, 1.54) is 31.1 Å². The van der Waals surface area contributed by atoms with E-state index < -0.39 is 16.6 Å². The van der Waals surface area contributed by atoms with Gasteiger partial charge in [0.1, 0.15) is 0 Å². The standard InChI is InChI=1S/C36H38O2Si2/c1-3-29-37-39(31-17-9-5-10-18-31,32-19-11-6-12-20-32)35-25-27-36(28-26-35)40(38-30-4-2,33-21-13-7-14-22-33)34-23-15-8-16-24-34/h5-28H,3-4,29-30H2,1-2H3. The van der Waals surface area contributed by atoms with Crippen LogP contribution in [0.1, 0.15) is 26.7 Å². The average molecular weight is 559 g/mol. The van der Waals surface area contributed by atoms with Crippen LogP contribution in [0.3, 0.4) is 0 Å². The van der Waals surface area contributed by atoms with Crippen molar-refractivity contribution in [1.29, 1.82) is 0 Å². The minimum Gasteiger partial charge on any atom is -0.404 e. The number of rotatable bonds is 12. The zero-order valence-electron chi connectivity index (χ0n) is 23.5. The molecular weight excluding hydrogens is 521 g/mol. The van der Waals surface area contributed by atoms with Crippen molar-refractivity contribution >= 4 is 47.8 Å². The molecule has 202 valence electrons. The van der Waals surface area contributed by atoms with Crippen LogP contribution in [0.25, 0.3) is 0 Å². The van der Waals surface area contributed by atoms with Crippen LogP contribution in [-0.4, -0.2) is 29.8 Å². The Morgan fingerprint density at radius 2 is 0.575 bits per heavy atom. The highest BCUT2D eigenvalue weighted by Gasteiger charge is 2.44. The lowest BCUT2D eigenvalue weighted by Gasteiger charge is -2.35. The van der Waals surface area contributed by atoms with Crippen LogP contribution in [0.2, 0.25) is 0 Å². The van der Waals surface area contributed by atoms with E-state index in [1.54, 1.807) is 0 Å². The molecule has 0 unspecified atom stereocenters. The van der Waals surface area contributed by atoms with E-state index >= 15 is 0 Å². The smallest absolute Gasteiger partial charge is 0.288 e. The second-order valence-electron chi connectivity index (χ2n) is 10.1. The van der Waals surface area contributed by atoms with Crippen LogP contribution in [0.5, 0.6) is 0 Å². The molecule has 0 atom stereocenters. The summed E-state index contributed by atoms with van der Waals surface area (Å²) in [5.74, 6) is 0. The zero-order valence-corrected chi connectivity index (χ0v) is 25.5. The second-order valence-corrected chi connectivity index (χ2v) is 16.9. The van der Waals surface area contributed by atoms with Crippen LogP contribution < -0.4 is 31.1 Å². The zero-order chi connectivity index (χ0) is 27.7. The Labute approximate surface area is 241 Å². The Hall–Kier alpha value is -3.55. The van der Waals surface area contributed by atoms with Gasteiger partial charge in [0.15, 0.2) is 0 Å². The predicted molar refractivity (Wildman–Crippen MR) is 174 cm³/mol. The maximum atomic E-state index is 7.02. The summed E-state index contributed by atoms with van der Waals surface area (Å²) in [7, 11) is -5.47. The summed E-state index contributed by atoms with van der Waals surface area (Å²) in [5, 5.41) is 7.56. The highest BCUT2D eigenvalue weighted by atomic mass is 28.4. The molecule has 0 spiro atoms. The third kappa shape index (κ3) is 5.41. The fourth-order valence-corrected chi connectivity index (χ4v) is 13.6. The SMILES string of the molecule is CCCO[Si](c1ccccc1)(c1ccccc1)c1ccc([Si](OCCC)(c2ccccc2)c2ccccc2)cc1. The summed E-state index contributed by atoms with van der Waals surface area (Å²) >= 11 is 0. The second kappa shape index (κ2) is 13.2. The summed E-state index contributed by atoms with van der Waals surface area (Å²) in [4.78, 5) is 0. The van der Waals surface area contributed by atoms with E-state index in [9.17, 15) is 0 Å². The van der Waals surface area contributed by atoms with Crippen molar-refractivity contribution < 1.29 is 8.85 Å². The van der Waals surface area contributed by atoms with Crippen molar-refractivity contribution in [3.8, 4) is 0 Å². The lowest BCUT2D eigenvalue weighted by Crippen LogP contribution is -2.71. The van der Waals surface area contributed by atoms with Gasteiger partial charge < -0.3 is 8.85 Å². The predicted octanol–water partition coefficient (Wildman–Crippen LogP) is 4.47. The lowest BCUT2D eigenvalue weighted by atomic mass is 10.3. The molecule has 0 radical (unpaired) electrons. The van der Waals surface area contributed by atoms with E-state index in [-0.39, 0.29) is 0 Å². The molecule has 0 N–H and O–H groups in total. The fraction of sp³-hybridized carbons (Fsp3) is 0.167. The van der Waals surface area contributed by atoms with Gasteiger partial charge in [-0.3, -0.25) is 0 Å². The first-order chi connectivity index (χ1) is 19.8. The van der Waals surface area contributed by atoms with E-state index in [2.05, 4.69) is 159 Å². The molecule has 5 rings (SSSR count). The average Bonchev–Trinajstić information content (AvgIpc) is 3.04. The Bertz CT molecular complexity index is 1250. The lowest BCUT2D eigenvalue weighted by molar-refractivity contribution is 0.322. The van der Waals surface area contributed by atoms with Crippen molar-refractivity contribution in [3.63, 3.8) is 0 Å². The molecule has 0 aliphatic carbocycles. The molecule has 0 aromatic heterocycles. The van der Waals surface area contributed by atoms with Crippen molar-refractivity contribution in [2.24, 2.45) is 0 Å². The molecule has 0 saturated heterocycles. The first kappa shape index (κ1) is 28.0. The topological polar surface area (TPSA) is 18.5 Å². The summed E-state index contributed by atoms with van der Waals surface area (Å²) in [6.45, 7) is 5.79. The Kier molecular flexibility index (Phi) is 9.24. The first-order valence-corrected chi connectivity index (χ1v) is 18.2. The molecule has 5 aromatic rings. The van der Waals surface area contributed by atoms with Gasteiger partial charge in [-0.15, -0.1) is 0 Å². The molecule has 0 amide bonds. The quantitative estimate of drug-likeness (QED) is 0.166. The van der Waals surface area contributed by atoms with E-state index in [1.807, 2.05) is 0 Å². The summed E-state index contributed by atoms with van der Waals surface area (Å²) in [5.41, 5.74) is 0. The molecule has 0 fully saturated rings. The van der Waals surface area contributed by atoms with Crippen LogP contribution in [0.4, 0.5) is 0 Å². The van der Waals surface area contributed by atoms with Gasteiger partial charge in [-0.25, -0.2) is 0 Å². The van der Waals surface area contributed by atoms with Crippen LogP contribution in [0.15, 0.2) is 146 Å². The maximum absolute atomic E-state index is 7.02. The Morgan fingerprint density at radius 1 is 0.350 bits per heavy atom. The molecule has 2 nitrogen and oxygen atoms in total. The Morgan fingerprint density at radius 3 is 0.800 bits per heavy atom. The fourth-order valence-electron chi connectivity index (χ4n) is 5.64. The molecule has 40 heavy (non-hydrogen) atoms. The van der Waals surface area contributed by atoms with E-state index in [4.69, 9.17) is 8.85 Å². The molecule has 4 heteroatoms. The number of hydrogen-bond donors (Lipinski definition) is 0. The van der Waals surface area contributed by atoms with Gasteiger partial charge in [-0.05, 0) is 44.0 Å². The van der Waals surface area contributed by atoms with Crippen LogP contribution >= 0.6 is 0 Å². The van der Waals surface area contributed by atoms with Gasteiger partial charge in [-0.2, -0.15) is 0 Å². The minimum absolute atomic E-state index is 0.712. The van der Waals surface area contributed by atoms with Gasteiger partial charge in [0.2, 0.25) is 0 Å². The minimum atomic E-state index is -2.74. The maximum Gasteiger partial charge on any atom is 0.288 e. The molecule has 0 saturated carbocycles. The molecule has 0 bridgehead atoms. The van der Waals surface area contributed by atoms with Crippen LogP contribution in [0, 0.1) is 0 Å². The summed E-state index contributed by atoms with van der Waals surface area (Å²) in [6, 6.07) is 52.5. The van der Waals surface area contributed by atoms with Gasteiger partial charge in [-0.1, -0.05) is 159 Å². The highest BCUT2D eigenvalue weighted by Crippen LogP contribution is 2.13. The normalized spacial score (nSPS) is 11.8.